The fourth-order valence-electron chi connectivity index (χ4n) is 3.16. The summed E-state index contributed by atoms with van der Waals surface area (Å²) in [6, 6.07) is 6.71. The van der Waals surface area contributed by atoms with E-state index in [9.17, 15) is 5.11 Å². The lowest BCUT2D eigenvalue weighted by molar-refractivity contribution is -0.758. The molecule has 3 aromatic rings. The van der Waals surface area contributed by atoms with E-state index in [1.807, 2.05) is 5.01 Å². The van der Waals surface area contributed by atoms with Crippen molar-refractivity contribution in [3.05, 3.63) is 48.4 Å². The molecule has 0 saturated carbocycles. The van der Waals surface area contributed by atoms with Crippen molar-refractivity contribution in [2.45, 2.75) is 0 Å². The lowest BCUT2D eigenvalue weighted by atomic mass is 10.2. The second kappa shape index (κ2) is 7.26. The molecular weight excluding hydrogens is 378 g/mol. The normalized spacial score (nSPS) is 16.3. The number of rotatable bonds is 4. The summed E-state index contributed by atoms with van der Waals surface area (Å²) >= 11 is 0. The lowest BCUT2D eigenvalue weighted by Crippen LogP contribution is -2.65. The number of piperazine rings is 1. The van der Waals surface area contributed by atoms with Gasteiger partial charge in [0.1, 0.15) is 0 Å². The maximum absolute atomic E-state index is 12.4. The molecule has 0 spiro atoms. The van der Waals surface area contributed by atoms with Crippen molar-refractivity contribution in [2.24, 2.45) is 4.99 Å². The van der Waals surface area contributed by atoms with Crippen molar-refractivity contribution < 1.29 is 23.9 Å². The Kier molecular flexibility index (Phi) is 4.31. The van der Waals surface area contributed by atoms with E-state index in [0.29, 0.717) is 36.1 Å². The largest absolute Gasteiger partial charge is 0.858 e. The first-order valence-electron chi connectivity index (χ1n) is 9.08. The third kappa shape index (κ3) is 3.49. The van der Waals surface area contributed by atoms with E-state index in [1.165, 1.54) is 0 Å². The Morgan fingerprint density at radius 2 is 1.86 bits per heavy atom. The van der Waals surface area contributed by atoms with Crippen molar-refractivity contribution in [1.29, 1.82) is 0 Å². The average Bonchev–Trinajstić information content (AvgIpc) is 3.43. The van der Waals surface area contributed by atoms with Crippen LogP contribution in [0.15, 0.2) is 52.4 Å². The van der Waals surface area contributed by atoms with Crippen LogP contribution in [0.25, 0.3) is 0 Å². The molecule has 2 aromatic heterocycles. The van der Waals surface area contributed by atoms with Crippen molar-refractivity contribution in [1.82, 2.24) is 15.2 Å². The number of anilines is 1. The number of fused-ring (bicyclic) bond motifs is 1. The van der Waals surface area contributed by atoms with Crippen molar-refractivity contribution in [3.63, 3.8) is 0 Å². The molecule has 0 aliphatic carbocycles. The molecule has 0 N–H and O–H groups in total. The number of benzene rings is 1. The maximum Gasteiger partial charge on any atom is 0.324 e. The summed E-state index contributed by atoms with van der Waals surface area (Å²) in [5.41, 5.74) is 0.383. The number of nitrogens with zero attached hydrogens (tertiary/aromatic N) is 7. The summed E-state index contributed by atoms with van der Waals surface area (Å²) in [4.78, 5) is 16.2. The van der Waals surface area contributed by atoms with Gasteiger partial charge in [0.2, 0.25) is 18.0 Å². The third-order valence-corrected chi connectivity index (χ3v) is 4.66. The predicted molar refractivity (Wildman–Crippen MR) is 97.7 cm³/mol. The van der Waals surface area contributed by atoms with Crippen LogP contribution in [0.3, 0.4) is 0 Å². The molecule has 11 heteroatoms. The fourth-order valence-corrected chi connectivity index (χ4v) is 3.16. The standard InChI is InChI=1S/C18H17N7O4/c26-17(13-2-3-14-15(10-13)28-12-27-14)21-16-11-25(22-29-16)24-8-6-23(7-9-24)18-19-4-1-5-20-18/h1-5,10-11H,6-9,12H2. The summed E-state index contributed by atoms with van der Waals surface area (Å²) in [5.74, 6) is 1.53. The molecule has 2 aliphatic heterocycles. The van der Waals surface area contributed by atoms with E-state index in [4.69, 9.17) is 14.0 Å². The van der Waals surface area contributed by atoms with E-state index < -0.39 is 5.90 Å². The predicted octanol–water partition coefficient (Wildman–Crippen LogP) is -0.622. The van der Waals surface area contributed by atoms with E-state index in [0.717, 1.165) is 13.1 Å². The molecule has 1 saturated heterocycles. The molecule has 1 fully saturated rings. The van der Waals surface area contributed by atoms with Crippen molar-refractivity contribution >= 4 is 17.7 Å². The lowest BCUT2D eigenvalue weighted by Gasteiger charge is -2.29. The number of aromatic nitrogens is 4. The van der Waals surface area contributed by atoms with Crippen LogP contribution in [0.2, 0.25) is 0 Å². The van der Waals surface area contributed by atoms with Crippen LogP contribution in [0.5, 0.6) is 11.5 Å². The first-order valence-corrected chi connectivity index (χ1v) is 9.08. The van der Waals surface area contributed by atoms with Crippen molar-refractivity contribution in [2.75, 3.05) is 42.9 Å². The van der Waals surface area contributed by atoms with Crippen molar-refractivity contribution in [3.8, 4) is 11.5 Å². The minimum atomic E-state index is -0.447. The molecule has 0 unspecified atom stereocenters. The molecule has 148 valence electrons. The highest BCUT2D eigenvalue weighted by molar-refractivity contribution is 5.92. The highest BCUT2D eigenvalue weighted by atomic mass is 16.7. The van der Waals surface area contributed by atoms with Gasteiger partial charge in [-0.1, -0.05) is 6.07 Å². The zero-order valence-electron chi connectivity index (χ0n) is 15.3. The van der Waals surface area contributed by atoms with Gasteiger partial charge in [-0.3, -0.25) is 4.52 Å². The van der Waals surface area contributed by atoms with Crippen LogP contribution >= 0.6 is 0 Å². The molecule has 2 aliphatic rings. The van der Waals surface area contributed by atoms with Gasteiger partial charge in [-0.15, -0.1) is 5.01 Å². The minimum Gasteiger partial charge on any atom is -0.858 e. The Bertz CT molecular complexity index is 1030. The second-order valence-corrected chi connectivity index (χ2v) is 6.44. The molecule has 0 atom stereocenters. The van der Waals surface area contributed by atoms with Gasteiger partial charge in [-0.25, -0.2) is 15.0 Å². The van der Waals surface area contributed by atoms with Gasteiger partial charge >= 0.3 is 5.88 Å². The number of hydrogen-bond donors (Lipinski definition) is 0. The highest BCUT2D eigenvalue weighted by Crippen LogP contribution is 2.32. The van der Waals surface area contributed by atoms with Gasteiger partial charge < -0.3 is 19.5 Å². The van der Waals surface area contributed by atoms with Crippen LogP contribution in [-0.4, -0.2) is 54.1 Å². The van der Waals surface area contributed by atoms with Crippen LogP contribution in [-0.2, 0) is 0 Å². The zero-order valence-corrected chi connectivity index (χ0v) is 15.3. The van der Waals surface area contributed by atoms with Gasteiger partial charge in [0, 0.05) is 25.5 Å². The quantitative estimate of drug-likeness (QED) is 0.324. The van der Waals surface area contributed by atoms with E-state index in [-0.39, 0.29) is 12.7 Å². The first kappa shape index (κ1) is 17.2. The zero-order chi connectivity index (χ0) is 19.6. The number of ether oxygens (including phenoxy) is 2. The van der Waals surface area contributed by atoms with Gasteiger partial charge in [-0.2, -0.15) is 0 Å². The maximum atomic E-state index is 12.4. The molecule has 5 rings (SSSR count). The Balaban J connectivity index is 1.26. The molecule has 0 bridgehead atoms. The molecule has 0 radical (unpaired) electrons. The Hall–Kier alpha value is -3.89. The summed E-state index contributed by atoms with van der Waals surface area (Å²) in [6.07, 6.45) is 5.04. The number of hydrogen-bond acceptors (Lipinski definition) is 10. The molecule has 0 amide bonds. The molecule has 11 nitrogen and oxygen atoms in total. The van der Waals surface area contributed by atoms with E-state index >= 15 is 0 Å². The summed E-state index contributed by atoms with van der Waals surface area (Å²) < 4.78 is 15.7. The second-order valence-electron chi connectivity index (χ2n) is 6.44. The average molecular weight is 395 g/mol. The van der Waals surface area contributed by atoms with Gasteiger partial charge in [0.25, 0.3) is 6.20 Å². The molecular formula is C18H17N7O4. The monoisotopic (exact) mass is 395 g/mol. The Morgan fingerprint density at radius 1 is 1.07 bits per heavy atom. The first-order chi connectivity index (χ1) is 14.3. The van der Waals surface area contributed by atoms with E-state index in [2.05, 4.69) is 25.1 Å². The molecule has 1 aromatic carbocycles. The van der Waals surface area contributed by atoms with E-state index in [1.54, 1.807) is 47.6 Å². The van der Waals surface area contributed by atoms with Crippen LogP contribution < -0.4 is 29.3 Å². The van der Waals surface area contributed by atoms with Gasteiger partial charge in [-0.05, 0) is 29.7 Å². The molecule has 29 heavy (non-hydrogen) atoms. The topological polar surface area (TPSA) is 116 Å². The van der Waals surface area contributed by atoms with Crippen LogP contribution in [0.4, 0.5) is 11.8 Å². The smallest absolute Gasteiger partial charge is 0.324 e. The third-order valence-electron chi connectivity index (χ3n) is 4.66. The minimum absolute atomic E-state index is 0.126. The Labute approximate surface area is 165 Å². The molecule has 4 heterocycles. The van der Waals surface area contributed by atoms with Gasteiger partial charge in [0.05, 0.1) is 17.9 Å². The summed E-state index contributed by atoms with van der Waals surface area (Å²) in [6.45, 7) is 3.03. The summed E-state index contributed by atoms with van der Waals surface area (Å²) in [7, 11) is 0. The SMILES string of the molecule is [O-]C(=Nc1c[n+](N2CCN(c3ncccn3)CC2)no1)c1ccc2c(c1)OCO2. The fraction of sp³-hybridized carbons (Fsp3) is 0.278. The van der Waals surface area contributed by atoms with Gasteiger partial charge in [0.15, 0.2) is 11.5 Å². The summed E-state index contributed by atoms with van der Waals surface area (Å²) in [5, 5.41) is 18.4. The van der Waals surface area contributed by atoms with Crippen LogP contribution in [0.1, 0.15) is 5.56 Å². The van der Waals surface area contributed by atoms with Crippen LogP contribution in [0, 0.1) is 0 Å². The highest BCUT2D eigenvalue weighted by Gasteiger charge is 2.27. The number of aliphatic imine (C=N–C) groups is 1. The Morgan fingerprint density at radius 3 is 2.69 bits per heavy atom.